The van der Waals surface area contributed by atoms with Gasteiger partial charge in [0.25, 0.3) is 0 Å². The molecule has 0 atom stereocenters. The monoisotopic (exact) mass is 368 g/mol. The second-order valence-corrected chi connectivity index (χ2v) is 6.55. The molecule has 2 heterocycles. The van der Waals surface area contributed by atoms with Crippen molar-refractivity contribution in [1.82, 2.24) is 19.4 Å². The largest absolute Gasteiger partial charge is 0.486 e. The van der Waals surface area contributed by atoms with E-state index in [4.69, 9.17) is 4.74 Å². The minimum Gasteiger partial charge on any atom is -0.486 e. The van der Waals surface area contributed by atoms with Crippen molar-refractivity contribution in [2.24, 2.45) is 7.05 Å². The van der Waals surface area contributed by atoms with E-state index < -0.39 is 12.7 Å². The lowest BCUT2D eigenvalue weighted by molar-refractivity contribution is -0.149. The van der Waals surface area contributed by atoms with Crippen molar-refractivity contribution in [3.63, 3.8) is 0 Å². The Bertz CT molecular complexity index is 691. The molecule has 26 heavy (non-hydrogen) atoms. The molecule has 5 nitrogen and oxygen atoms in total. The first-order valence-corrected chi connectivity index (χ1v) is 8.58. The van der Waals surface area contributed by atoms with Gasteiger partial charge in [0.1, 0.15) is 18.2 Å². The molecule has 1 aromatic heterocycles. The van der Waals surface area contributed by atoms with Crippen LogP contribution in [-0.2, 0) is 20.2 Å². The average molecular weight is 368 g/mol. The molecule has 142 valence electrons. The summed E-state index contributed by atoms with van der Waals surface area (Å²) in [6, 6.07) is 7.82. The van der Waals surface area contributed by atoms with Gasteiger partial charge < -0.3 is 9.30 Å². The van der Waals surface area contributed by atoms with E-state index in [0.29, 0.717) is 32.8 Å². The average Bonchev–Trinajstić information content (AvgIpc) is 3.00. The molecule has 1 aliphatic rings. The molecule has 0 radical (unpaired) electrons. The highest BCUT2D eigenvalue weighted by molar-refractivity contribution is 5.27. The van der Waals surface area contributed by atoms with Crippen LogP contribution >= 0.6 is 0 Å². The number of aromatic nitrogens is 2. The van der Waals surface area contributed by atoms with Crippen LogP contribution in [0, 0.1) is 0 Å². The van der Waals surface area contributed by atoms with E-state index in [2.05, 4.69) is 9.88 Å². The normalized spacial score (nSPS) is 16.8. The molecular formula is C18H23F3N4O. The fourth-order valence-corrected chi connectivity index (χ4v) is 2.99. The number of halogens is 3. The highest BCUT2D eigenvalue weighted by Crippen LogP contribution is 2.19. The number of imidazole rings is 1. The van der Waals surface area contributed by atoms with Crippen molar-refractivity contribution in [2.75, 3.05) is 32.7 Å². The van der Waals surface area contributed by atoms with Gasteiger partial charge in [-0.05, 0) is 17.7 Å². The Labute approximate surface area is 151 Å². The number of ether oxygens (including phenoxy) is 1. The zero-order valence-electron chi connectivity index (χ0n) is 14.7. The highest BCUT2D eigenvalue weighted by atomic mass is 19.4. The van der Waals surface area contributed by atoms with Gasteiger partial charge in [-0.2, -0.15) is 13.2 Å². The Balaban J connectivity index is 1.44. The molecule has 0 unspecified atom stereocenters. The summed E-state index contributed by atoms with van der Waals surface area (Å²) in [5.74, 6) is 1.62. The summed E-state index contributed by atoms with van der Waals surface area (Å²) in [5.41, 5.74) is 1.12. The minimum atomic E-state index is -4.12. The Morgan fingerprint density at radius 2 is 1.69 bits per heavy atom. The third-order valence-electron chi connectivity index (χ3n) is 4.49. The molecule has 1 aliphatic heterocycles. The van der Waals surface area contributed by atoms with Crippen LogP contribution in [0.4, 0.5) is 13.2 Å². The van der Waals surface area contributed by atoms with Crippen molar-refractivity contribution < 1.29 is 17.9 Å². The molecule has 3 rings (SSSR count). The number of nitrogens with zero attached hydrogens (tertiary/aromatic N) is 4. The van der Waals surface area contributed by atoms with Crippen LogP contribution in [0.1, 0.15) is 11.4 Å². The quantitative estimate of drug-likeness (QED) is 0.785. The van der Waals surface area contributed by atoms with Crippen LogP contribution < -0.4 is 4.74 Å². The Hall–Kier alpha value is -2.06. The van der Waals surface area contributed by atoms with Crippen LogP contribution in [0.25, 0.3) is 0 Å². The van der Waals surface area contributed by atoms with Crippen molar-refractivity contribution in [2.45, 2.75) is 19.3 Å². The lowest BCUT2D eigenvalue weighted by Crippen LogP contribution is -2.48. The van der Waals surface area contributed by atoms with Crippen molar-refractivity contribution in [1.29, 1.82) is 0 Å². The molecule has 1 saturated heterocycles. The van der Waals surface area contributed by atoms with Gasteiger partial charge in [-0.1, -0.05) is 12.1 Å². The molecule has 0 amide bonds. The van der Waals surface area contributed by atoms with Crippen molar-refractivity contribution in [3.05, 3.63) is 48.0 Å². The van der Waals surface area contributed by atoms with Crippen LogP contribution in [0.5, 0.6) is 5.75 Å². The van der Waals surface area contributed by atoms with Gasteiger partial charge in [-0.25, -0.2) is 4.98 Å². The SMILES string of the molecule is Cn1ccnc1COc1ccc(CN2CCN(CC(F)(F)F)CC2)cc1. The molecule has 0 spiro atoms. The van der Waals surface area contributed by atoms with Crippen LogP contribution in [0.15, 0.2) is 36.7 Å². The van der Waals surface area contributed by atoms with Gasteiger partial charge in [0.15, 0.2) is 0 Å². The van der Waals surface area contributed by atoms with E-state index >= 15 is 0 Å². The lowest BCUT2D eigenvalue weighted by Gasteiger charge is -2.35. The van der Waals surface area contributed by atoms with Crippen LogP contribution in [0.2, 0.25) is 0 Å². The second-order valence-electron chi connectivity index (χ2n) is 6.55. The Morgan fingerprint density at radius 3 is 2.27 bits per heavy atom. The van der Waals surface area contributed by atoms with E-state index in [1.54, 1.807) is 6.20 Å². The maximum absolute atomic E-state index is 12.4. The molecule has 8 heteroatoms. The van der Waals surface area contributed by atoms with E-state index in [-0.39, 0.29) is 0 Å². The summed E-state index contributed by atoms with van der Waals surface area (Å²) in [4.78, 5) is 7.85. The van der Waals surface area contributed by atoms with Crippen LogP contribution in [0.3, 0.4) is 0 Å². The predicted octanol–water partition coefficient (Wildman–Crippen LogP) is 2.68. The summed E-state index contributed by atoms with van der Waals surface area (Å²) in [6.07, 6.45) is -0.514. The summed E-state index contributed by atoms with van der Waals surface area (Å²) in [5, 5.41) is 0. The standard InChI is InChI=1S/C18H23F3N4O/c1-23-7-6-22-17(23)13-26-16-4-2-15(3-5-16)12-24-8-10-25(11-9-24)14-18(19,20)21/h2-7H,8-14H2,1H3. The number of alkyl halides is 3. The molecular weight excluding hydrogens is 345 g/mol. The summed E-state index contributed by atoms with van der Waals surface area (Å²) >= 11 is 0. The molecule has 0 N–H and O–H groups in total. The van der Waals surface area contributed by atoms with Crippen LogP contribution in [-0.4, -0.2) is 58.3 Å². The fraction of sp³-hybridized carbons (Fsp3) is 0.500. The number of aryl methyl sites for hydroxylation is 1. The zero-order chi connectivity index (χ0) is 18.6. The Kier molecular flexibility index (Phi) is 5.83. The number of benzene rings is 1. The molecule has 0 aliphatic carbocycles. The maximum atomic E-state index is 12.4. The van der Waals surface area contributed by atoms with Gasteiger partial charge in [-0.3, -0.25) is 9.80 Å². The summed E-state index contributed by atoms with van der Waals surface area (Å²) in [7, 11) is 1.92. The Morgan fingerprint density at radius 1 is 1.04 bits per heavy atom. The topological polar surface area (TPSA) is 33.5 Å². The summed E-state index contributed by atoms with van der Waals surface area (Å²) in [6.45, 7) is 2.52. The van der Waals surface area contributed by atoms with Crippen molar-refractivity contribution >= 4 is 0 Å². The van der Waals surface area contributed by atoms with Gasteiger partial charge in [0.2, 0.25) is 0 Å². The fourth-order valence-electron chi connectivity index (χ4n) is 2.99. The second kappa shape index (κ2) is 8.09. The van der Waals surface area contributed by atoms with Gasteiger partial charge in [-0.15, -0.1) is 0 Å². The number of hydrogen-bond acceptors (Lipinski definition) is 4. The zero-order valence-corrected chi connectivity index (χ0v) is 14.7. The first-order valence-electron chi connectivity index (χ1n) is 8.58. The lowest BCUT2D eigenvalue weighted by atomic mass is 10.2. The third kappa shape index (κ3) is 5.47. The molecule has 2 aromatic rings. The molecule has 1 aromatic carbocycles. The minimum absolute atomic E-state index is 0.407. The van der Waals surface area contributed by atoms with E-state index in [1.165, 1.54) is 4.90 Å². The van der Waals surface area contributed by atoms with E-state index in [1.807, 2.05) is 42.1 Å². The number of rotatable bonds is 6. The smallest absolute Gasteiger partial charge is 0.401 e. The summed E-state index contributed by atoms with van der Waals surface area (Å²) < 4.78 is 44.9. The first kappa shape index (κ1) is 18.7. The maximum Gasteiger partial charge on any atom is 0.401 e. The number of piperazine rings is 1. The van der Waals surface area contributed by atoms with Gasteiger partial charge in [0.05, 0.1) is 6.54 Å². The van der Waals surface area contributed by atoms with E-state index in [9.17, 15) is 13.2 Å². The molecule has 0 bridgehead atoms. The van der Waals surface area contributed by atoms with Crippen molar-refractivity contribution in [3.8, 4) is 5.75 Å². The third-order valence-corrected chi connectivity index (χ3v) is 4.49. The molecule has 0 saturated carbocycles. The van der Waals surface area contributed by atoms with E-state index in [0.717, 1.165) is 23.7 Å². The van der Waals surface area contributed by atoms with Gasteiger partial charge >= 0.3 is 6.18 Å². The number of hydrogen-bond donors (Lipinski definition) is 0. The predicted molar refractivity (Wildman–Crippen MR) is 91.8 cm³/mol. The van der Waals surface area contributed by atoms with Gasteiger partial charge in [0, 0.05) is 52.2 Å². The molecule has 1 fully saturated rings. The first-order chi connectivity index (χ1) is 12.4. The highest BCUT2D eigenvalue weighted by Gasteiger charge is 2.32.